The molecule has 2 aromatic rings. The molecule has 1 N–H and O–H groups in total. The topological polar surface area (TPSA) is 41.6 Å². The van der Waals surface area contributed by atoms with Crippen LogP contribution >= 0.6 is 0 Å². The van der Waals surface area contributed by atoms with Gasteiger partial charge in [-0.15, -0.1) is 0 Å². The van der Waals surface area contributed by atoms with Crippen LogP contribution in [0.1, 0.15) is 25.1 Å². The third-order valence-corrected chi connectivity index (χ3v) is 1.83. The van der Waals surface area contributed by atoms with Crippen molar-refractivity contribution in [3.05, 3.63) is 23.8 Å². The molecule has 0 atom stereocenters. The molecule has 0 bridgehead atoms. The molecule has 13 heavy (non-hydrogen) atoms. The normalized spacial score (nSPS) is 9.54. The first-order valence-corrected chi connectivity index (χ1v) is 4.54. The largest absolute Gasteiger partial charge is 0.343 e. The molecule has 0 aliphatic heterocycles. The predicted octanol–water partition coefficient (Wildman–Crippen LogP) is 2.60. The van der Waals surface area contributed by atoms with E-state index in [1.165, 1.54) is 0 Å². The standard InChI is InChI=1S/C8H9N3.C2H6/c1-5-3-9-6(2)8-7(5)10-4-11-8;1-2/h3-4H,1-2H3,(H,10,11);1-2H3. The number of hydrogen-bond donors (Lipinski definition) is 1. The molecule has 2 rings (SSSR count). The van der Waals surface area contributed by atoms with E-state index in [1.807, 2.05) is 33.9 Å². The highest BCUT2D eigenvalue weighted by Crippen LogP contribution is 2.14. The van der Waals surface area contributed by atoms with Crippen molar-refractivity contribution in [1.82, 2.24) is 15.0 Å². The van der Waals surface area contributed by atoms with Gasteiger partial charge in [-0.25, -0.2) is 4.98 Å². The number of nitrogens with one attached hydrogen (secondary N) is 1. The number of pyridine rings is 1. The van der Waals surface area contributed by atoms with E-state index < -0.39 is 0 Å². The van der Waals surface area contributed by atoms with Gasteiger partial charge in [0.15, 0.2) is 0 Å². The van der Waals surface area contributed by atoms with Gasteiger partial charge in [-0.2, -0.15) is 0 Å². The summed E-state index contributed by atoms with van der Waals surface area (Å²) in [6.45, 7) is 7.98. The van der Waals surface area contributed by atoms with E-state index in [0.29, 0.717) is 0 Å². The molecule has 0 fully saturated rings. The van der Waals surface area contributed by atoms with E-state index in [9.17, 15) is 0 Å². The van der Waals surface area contributed by atoms with Crippen molar-refractivity contribution in [2.75, 3.05) is 0 Å². The molecule has 0 unspecified atom stereocenters. The van der Waals surface area contributed by atoms with Gasteiger partial charge in [0.2, 0.25) is 0 Å². The molecule has 3 nitrogen and oxygen atoms in total. The van der Waals surface area contributed by atoms with Crippen LogP contribution in [-0.4, -0.2) is 15.0 Å². The summed E-state index contributed by atoms with van der Waals surface area (Å²) < 4.78 is 0. The van der Waals surface area contributed by atoms with Crippen LogP contribution < -0.4 is 0 Å². The second-order valence-electron chi connectivity index (χ2n) is 2.65. The highest BCUT2D eigenvalue weighted by Gasteiger charge is 2.01. The zero-order chi connectivity index (χ0) is 9.84. The summed E-state index contributed by atoms with van der Waals surface area (Å²) in [4.78, 5) is 11.4. The second-order valence-corrected chi connectivity index (χ2v) is 2.65. The smallest absolute Gasteiger partial charge is 0.0945 e. The minimum Gasteiger partial charge on any atom is -0.343 e. The number of rotatable bonds is 0. The maximum atomic E-state index is 4.21. The molecule has 0 saturated carbocycles. The van der Waals surface area contributed by atoms with Gasteiger partial charge in [-0.1, -0.05) is 13.8 Å². The average Bonchev–Trinajstić information content (AvgIpc) is 2.64. The van der Waals surface area contributed by atoms with Crippen LogP contribution in [0.3, 0.4) is 0 Å². The van der Waals surface area contributed by atoms with Crippen molar-refractivity contribution in [2.24, 2.45) is 0 Å². The first kappa shape index (κ1) is 9.71. The van der Waals surface area contributed by atoms with Gasteiger partial charge in [0.05, 0.1) is 23.1 Å². The lowest BCUT2D eigenvalue weighted by molar-refractivity contribution is 1.19. The van der Waals surface area contributed by atoms with Crippen LogP contribution in [0.25, 0.3) is 11.0 Å². The molecule has 0 aliphatic rings. The maximum absolute atomic E-state index is 4.21. The Bertz CT molecular complexity index is 354. The molecule has 0 aliphatic carbocycles. The van der Waals surface area contributed by atoms with Crippen molar-refractivity contribution in [1.29, 1.82) is 0 Å². The van der Waals surface area contributed by atoms with E-state index >= 15 is 0 Å². The maximum Gasteiger partial charge on any atom is 0.0945 e. The van der Waals surface area contributed by atoms with Crippen LogP contribution in [-0.2, 0) is 0 Å². The lowest BCUT2D eigenvalue weighted by Crippen LogP contribution is -1.85. The third-order valence-electron chi connectivity index (χ3n) is 1.83. The number of hydrogen-bond acceptors (Lipinski definition) is 2. The predicted molar refractivity (Wildman–Crippen MR) is 54.7 cm³/mol. The van der Waals surface area contributed by atoms with Gasteiger partial charge in [-0.05, 0) is 19.4 Å². The Labute approximate surface area is 78.2 Å². The fourth-order valence-electron chi connectivity index (χ4n) is 1.19. The van der Waals surface area contributed by atoms with Gasteiger partial charge >= 0.3 is 0 Å². The number of nitrogens with zero attached hydrogens (tertiary/aromatic N) is 2. The molecule has 0 radical (unpaired) electrons. The molecule has 3 heteroatoms. The summed E-state index contributed by atoms with van der Waals surface area (Å²) in [5.74, 6) is 0. The van der Waals surface area contributed by atoms with Crippen LogP contribution in [0.5, 0.6) is 0 Å². The number of aromatic amines is 1. The first-order valence-electron chi connectivity index (χ1n) is 4.54. The van der Waals surface area contributed by atoms with Crippen molar-refractivity contribution >= 4 is 11.0 Å². The summed E-state index contributed by atoms with van der Waals surface area (Å²) in [6.07, 6.45) is 3.55. The van der Waals surface area contributed by atoms with Crippen molar-refractivity contribution in [3.63, 3.8) is 0 Å². The molecular formula is C10H15N3. The number of aryl methyl sites for hydroxylation is 2. The number of H-pyrrole nitrogens is 1. The minimum absolute atomic E-state index is 1.00. The van der Waals surface area contributed by atoms with E-state index in [2.05, 4.69) is 15.0 Å². The fourth-order valence-corrected chi connectivity index (χ4v) is 1.19. The zero-order valence-corrected chi connectivity index (χ0v) is 8.55. The van der Waals surface area contributed by atoms with Crippen LogP contribution in [0, 0.1) is 13.8 Å². The minimum atomic E-state index is 1.00. The highest BCUT2D eigenvalue weighted by molar-refractivity contribution is 5.79. The lowest BCUT2D eigenvalue weighted by atomic mass is 10.2. The van der Waals surface area contributed by atoms with Crippen molar-refractivity contribution in [2.45, 2.75) is 27.7 Å². The summed E-state index contributed by atoms with van der Waals surface area (Å²) in [7, 11) is 0. The molecule has 70 valence electrons. The summed E-state index contributed by atoms with van der Waals surface area (Å²) in [5, 5.41) is 0. The number of imidazole rings is 1. The number of fused-ring (bicyclic) bond motifs is 1. The highest BCUT2D eigenvalue weighted by atomic mass is 14.9. The molecule has 0 spiro atoms. The van der Waals surface area contributed by atoms with Gasteiger partial charge in [-0.3, -0.25) is 4.98 Å². The summed E-state index contributed by atoms with van der Waals surface area (Å²) in [6, 6.07) is 0. The Morgan fingerprint density at radius 2 is 1.85 bits per heavy atom. The Balaban J connectivity index is 0.000000396. The SMILES string of the molecule is CC.Cc1cnc(C)c2[nH]cnc12. The van der Waals surface area contributed by atoms with E-state index in [0.717, 1.165) is 22.3 Å². The quantitative estimate of drug-likeness (QED) is 0.672. The van der Waals surface area contributed by atoms with Gasteiger partial charge < -0.3 is 4.98 Å². The van der Waals surface area contributed by atoms with Crippen molar-refractivity contribution in [3.8, 4) is 0 Å². The summed E-state index contributed by atoms with van der Waals surface area (Å²) in [5.41, 5.74) is 4.19. The fraction of sp³-hybridized carbons (Fsp3) is 0.400. The van der Waals surface area contributed by atoms with Crippen LogP contribution in [0.4, 0.5) is 0 Å². The lowest BCUT2D eigenvalue weighted by Gasteiger charge is -1.95. The Morgan fingerprint density at radius 1 is 1.15 bits per heavy atom. The monoisotopic (exact) mass is 177 g/mol. The van der Waals surface area contributed by atoms with E-state index in [-0.39, 0.29) is 0 Å². The van der Waals surface area contributed by atoms with Gasteiger partial charge in [0.1, 0.15) is 0 Å². The molecule has 0 amide bonds. The van der Waals surface area contributed by atoms with Crippen LogP contribution in [0.2, 0.25) is 0 Å². The Hall–Kier alpha value is -1.38. The molecule has 0 aromatic carbocycles. The molecule has 2 aromatic heterocycles. The number of aromatic nitrogens is 3. The van der Waals surface area contributed by atoms with E-state index in [4.69, 9.17) is 0 Å². The third kappa shape index (κ3) is 1.69. The second kappa shape index (κ2) is 4.03. The Morgan fingerprint density at radius 3 is 2.46 bits per heavy atom. The molecule has 0 saturated heterocycles. The molecular weight excluding hydrogens is 162 g/mol. The first-order chi connectivity index (χ1) is 6.29. The molecule has 2 heterocycles. The zero-order valence-electron chi connectivity index (χ0n) is 8.55. The van der Waals surface area contributed by atoms with Gasteiger partial charge in [0, 0.05) is 6.20 Å². The van der Waals surface area contributed by atoms with Gasteiger partial charge in [0.25, 0.3) is 0 Å². The summed E-state index contributed by atoms with van der Waals surface area (Å²) >= 11 is 0. The van der Waals surface area contributed by atoms with Crippen LogP contribution in [0.15, 0.2) is 12.5 Å². The average molecular weight is 177 g/mol. The Kier molecular flexibility index (Phi) is 3.01. The van der Waals surface area contributed by atoms with Crippen molar-refractivity contribution < 1.29 is 0 Å². The van der Waals surface area contributed by atoms with E-state index in [1.54, 1.807) is 6.33 Å².